The Hall–Kier alpha value is -1.34. The normalized spacial score (nSPS) is 16.1. The number of aromatic nitrogens is 1. The van der Waals surface area contributed by atoms with Gasteiger partial charge in [-0.2, -0.15) is 0 Å². The molecule has 0 aliphatic heterocycles. The van der Waals surface area contributed by atoms with Gasteiger partial charge in [0, 0.05) is 16.6 Å². The second-order valence-electron chi connectivity index (χ2n) is 5.68. The van der Waals surface area contributed by atoms with Gasteiger partial charge in [0.25, 0.3) is 0 Å². The third-order valence-electron chi connectivity index (χ3n) is 4.24. The fraction of sp³-hybridized carbons (Fsp3) is 0.294. The number of nitrogens with zero attached hydrogens (tertiary/aromatic N) is 2. The van der Waals surface area contributed by atoms with Crippen molar-refractivity contribution in [3.63, 3.8) is 0 Å². The van der Waals surface area contributed by atoms with E-state index in [0.717, 1.165) is 17.9 Å². The highest BCUT2D eigenvalue weighted by Crippen LogP contribution is 2.44. The van der Waals surface area contributed by atoms with E-state index >= 15 is 0 Å². The van der Waals surface area contributed by atoms with E-state index in [1.54, 1.807) is 6.20 Å². The predicted molar refractivity (Wildman–Crippen MR) is 107 cm³/mol. The molecule has 2 aromatic rings. The standard InChI is InChI=1S/C17H19ClN4.HI/c18-14-7-5-13(6-8-14)17(9-3-10-17)12-21-16(19)22-15-4-1-2-11-20-15;/h1-2,4-8,11H,3,9-10,12H2,(H3,19,20,21,22);1H. The third-order valence-corrected chi connectivity index (χ3v) is 4.49. The van der Waals surface area contributed by atoms with Crippen LogP contribution in [-0.4, -0.2) is 17.5 Å². The number of guanidine groups is 1. The molecule has 0 amide bonds. The first-order valence-corrected chi connectivity index (χ1v) is 7.80. The van der Waals surface area contributed by atoms with Crippen LogP contribution >= 0.6 is 35.6 Å². The summed E-state index contributed by atoms with van der Waals surface area (Å²) in [6.45, 7) is 0.681. The number of halogens is 2. The van der Waals surface area contributed by atoms with Gasteiger partial charge in [-0.15, -0.1) is 24.0 Å². The molecule has 3 N–H and O–H groups in total. The minimum absolute atomic E-state index is 0. The van der Waals surface area contributed by atoms with E-state index in [4.69, 9.17) is 17.3 Å². The fourth-order valence-corrected chi connectivity index (χ4v) is 2.92. The van der Waals surface area contributed by atoms with E-state index in [1.165, 1.54) is 12.0 Å². The molecule has 1 heterocycles. The molecule has 4 nitrogen and oxygen atoms in total. The maximum absolute atomic E-state index is 5.98. The summed E-state index contributed by atoms with van der Waals surface area (Å²) < 4.78 is 0. The molecule has 1 aliphatic carbocycles. The van der Waals surface area contributed by atoms with Crippen LogP contribution in [0.4, 0.5) is 5.82 Å². The summed E-state index contributed by atoms with van der Waals surface area (Å²) in [6.07, 6.45) is 5.21. The van der Waals surface area contributed by atoms with Gasteiger partial charge in [0.15, 0.2) is 5.96 Å². The lowest BCUT2D eigenvalue weighted by molar-refractivity contribution is 0.254. The average molecular weight is 443 g/mol. The van der Waals surface area contributed by atoms with Gasteiger partial charge in [0.2, 0.25) is 0 Å². The van der Waals surface area contributed by atoms with Crippen molar-refractivity contribution in [2.24, 2.45) is 10.7 Å². The number of nitrogens with one attached hydrogen (secondary N) is 1. The zero-order chi connectivity index (χ0) is 15.4. The van der Waals surface area contributed by atoms with Crippen molar-refractivity contribution in [1.29, 1.82) is 0 Å². The molecule has 0 bridgehead atoms. The molecule has 0 spiro atoms. The van der Waals surface area contributed by atoms with Crippen molar-refractivity contribution < 1.29 is 0 Å². The van der Waals surface area contributed by atoms with Crippen LogP contribution < -0.4 is 11.1 Å². The summed E-state index contributed by atoms with van der Waals surface area (Å²) in [5.74, 6) is 1.11. The molecule has 0 saturated heterocycles. The van der Waals surface area contributed by atoms with Gasteiger partial charge in [-0.1, -0.05) is 36.2 Å². The number of pyridine rings is 1. The van der Waals surface area contributed by atoms with Gasteiger partial charge >= 0.3 is 0 Å². The molecule has 3 rings (SSSR count). The Balaban J connectivity index is 0.00000192. The van der Waals surface area contributed by atoms with Crippen molar-refractivity contribution in [2.75, 3.05) is 11.9 Å². The van der Waals surface area contributed by atoms with Crippen LogP contribution in [0.3, 0.4) is 0 Å². The Labute approximate surface area is 158 Å². The van der Waals surface area contributed by atoms with Gasteiger partial charge < -0.3 is 11.1 Å². The van der Waals surface area contributed by atoms with Crippen LogP contribution in [0.5, 0.6) is 0 Å². The van der Waals surface area contributed by atoms with Crippen LogP contribution in [0.25, 0.3) is 0 Å². The molecular formula is C17H20ClIN4. The van der Waals surface area contributed by atoms with Crippen LogP contribution in [0.1, 0.15) is 24.8 Å². The molecule has 0 radical (unpaired) electrons. The summed E-state index contributed by atoms with van der Waals surface area (Å²) in [7, 11) is 0. The second-order valence-corrected chi connectivity index (χ2v) is 6.12. The summed E-state index contributed by atoms with van der Waals surface area (Å²) in [5.41, 5.74) is 7.36. The minimum Gasteiger partial charge on any atom is -0.370 e. The largest absolute Gasteiger partial charge is 0.370 e. The second kappa shape index (κ2) is 7.97. The molecule has 1 aliphatic rings. The Bertz CT molecular complexity index is 654. The minimum atomic E-state index is 0. The summed E-state index contributed by atoms with van der Waals surface area (Å²) in [6, 6.07) is 13.7. The molecule has 122 valence electrons. The van der Waals surface area contributed by atoms with E-state index in [9.17, 15) is 0 Å². The van der Waals surface area contributed by atoms with Gasteiger partial charge in [0.1, 0.15) is 5.82 Å². The molecular weight excluding hydrogens is 423 g/mol. The number of hydrogen-bond donors (Lipinski definition) is 2. The lowest BCUT2D eigenvalue weighted by atomic mass is 9.64. The first kappa shape index (κ1) is 18.0. The number of hydrogen-bond acceptors (Lipinski definition) is 2. The first-order chi connectivity index (χ1) is 10.7. The Morgan fingerprint density at radius 3 is 2.52 bits per heavy atom. The number of anilines is 1. The van der Waals surface area contributed by atoms with Crippen molar-refractivity contribution >= 4 is 47.4 Å². The van der Waals surface area contributed by atoms with E-state index in [1.807, 2.05) is 30.3 Å². The van der Waals surface area contributed by atoms with Gasteiger partial charge in [-0.3, -0.25) is 4.99 Å². The maximum atomic E-state index is 5.98. The Kier molecular flexibility index (Phi) is 6.24. The van der Waals surface area contributed by atoms with E-state index < -0.39 is 0 Å². The van der Waals surface area contributed by atoms with Crippen molar-refractivity contribution in [2.45, 2.75) is 24.7 Å². The molecule has 1 fully saturated rings. The van der Waals surface area contributed by atoms with E-state index in [0.29, 0.717) is 18.3 Å². The van der Waals surface area contributed by atoms with E-state index in [-0.39, 0.29) is 29.4 Å². The van der Waals surface area contributed by atoms with Gasteiger partial charge in [0.05, 0.1) is 6.54 Å². The molecule has 1 saturated carbocycles. The van der Waals surface area contributed by atoms with Crippen molar-refractivity contribution in [3.8, 4) is 0 Å². The number of benzene rings is 1. The molecule has 1 aromatic carbocycles. The number of nitrogens with two attached hydrogens (primary N) is 1. The fourth-order valence-electron chi connectivity index (χ4n) is 2.79. The highest BCUT2D eigenvalue weighted by molar-refractivity contribution is 14.0. The number of aliphatic imine (C=N–C) groups is 1. The molecule has 23 heavy (non-hydrogen) atoms. The zero-order valence-electron chi connectivity index (χ0n) is 12.7. The Morgan fingerprint density at radius 1 is 1.22 bits per heavy atom. The van der Waals surface area contributed by atoms with E-state index in [2.05, 4.69) is 27.4 Å². The molecule has 0 atom stereocenters. The average Bonchev–Trinajstić information content (AvgIpc) is 2.49. The van der Waals surface area contributed by atoms with Gasteiger partial charge in [-0.05, 0) is 42.7 Å². The maximum Gasteiger partial charge on any atom is 0.194 e. The monoisotopic (exact) mass is 442 g/mol. The predicted octanol–water partition coefficient (Wildman–Crippen LogP) is 4.20. The lowest BCUT2D eigenvalue weighted by Gasteiger charge is -2.41. The molecule has 1 aromatic heterocycles. The smallest absolute Gasteiger partial charge is 0.194 e. The Morgan fingerprint density at radius 2 is 1.96 bits per heavy atom. The van der Waals surface area contributed by atoms with Crippen molar-refractivity contribution in [3.05, 3.63) is 59.2 Å². The lowest BCUT2D eigenvalue weighted by Crippen LogP contribution is -2.38. The number of rotatable bonds is 4. The summed E-state index contributed by atoms with van der Waals surface area (Å²) in [5, 5.41) is 3.78. The first-order valence-electron chi connectivity index (χ1n) is 7.42. The van der Waals surface area contributed by atoms with Crippen LogP contribution in [0.15, 0.2) is 53.7 Å². The van der Waals surface area contributed by atoms with Crippen LogP contribution in [0.2, 0.25) is 5.02 Å². The van der Waals surface area contributed by atoms with Crippen LogP contribution in [-0.2, 0) is 5.41 Å². The molecule has 6 heteroatoms. The summed E-state index contributed by atoms with van der Waals surface area (Å²) >= 11 is 5.98. The van der Waals surface area contributed by atoms with Crippen molar-refractivity contribution in [1.82, 2.24) is 4.98 Å². The molecule has 0 unspecified atom stereocenters. The SMILES string of the molecule is I.NC(=NCC1(c2ccc(Cl)cc2)CCC1)Nc1ccccn1. The highest BCUT2D eigenvalue weighted by Gasteiger charge is 2.38. The summed E-state index contributed by atoms with van der Waals surface area (Å²) in [4.78, 5) is 8.70. The third kappa shape index (κ3) is 4.35. The topological polar surface area (TPSA) is 63.3 Å². The highest BCUT2D eigenvalue weighted by atomic mass is 127. The van der Waals surface area contributed by atoms with Gasteiger partial charge in [-0.25, -0.2) is 4.98 Å². The van der Waals surface area contributed by atoms with Crippen LogP contribution in [0, 0.1) is 0 Å². The zero-order valence-corrected chi connectivity index (χ0v) is 15.8. The quantitative estimate of drug-likeness (QED) is 0.424.